The number of thioether (sulfide) groups is 1. The van der Waals surface area contributed by atoms with E-state index >= 15 is 0 Å². The fourth-order valence-electron chi connectivity index (χ4n) is 2.87. The van der Waals surface area contributed by atoms with Crippen LogP contribution in [-0.2, 0) is 4.79 Å². The van der Waals surface area contributed by atoms with Gasteiger partial charge in [-0.1, -0.05) is 35.6 Å². The molecule has 0 N–H and O–H groups in total. The van der Waals surface area contributed by atoms with Crippen LogP contribution in [0, 0.1) is 13.8 Å². The Labute approximate surface area is 170 Å². The van der Waals surface area contributed by atoms with Gasteiger partial charge in [-0.15, -0.1) is 0 Å². The number of nitrogens with zero attached hydrogens (tertiary/aromatic N) is 2. The first kappa shape index (κ1) is 18.7. The number of amides is 1. The lowest BCUT2D eigenvalue weighted by molar-refractivity contribution is -0.121. The van der Waals surface area contributed by atoms with Gasteiger partial charge in [0.05, 0.1) is 9.93 Å². The van der Waals surface area contributed by atoms with Gasteiger partial charge in [-0.3, -0.25) is 9.69 Å². The van der Waals surface area contributed by atoms with E-state index < -0.39 is 0 Å². The smallest absolute Gasteiger partial charge is 0.266 e. The highest BCUT2D eigenvalue weighted by atomic mass is 79.9. The fourth-order valence-corrected chi connectivity index (χ4v) is 4.67. The van der Waals surface area contributed by atoms with E-state index in [1.807, 2.05) is 45.0 Å². The third-order valence-electron chi connectivity index (χ3n) is 4.11. The van der Waals surface area contributed by atoms with Crippen LogP contribution in [-0.4, -0.2) is 26.2 Å². The van der Waals surface area contributed by atoms with Crippen molar-refractivity contribution in [3.05, 3.63) is 55.6 Å². The second kappa shape index (κ2) is 7.27. The van der Waals surface area contributed by atoms with Gasteiger partial charge in [-0.05, 0) is 72.6 Å². The molecule has 3 nitrogen and oxygen atoms in total. The zero-order valence-corrected chi connectivity index (χ0v) is 17.9. The molecule has 0 spiro atoms. The lowest BCUT2D eigenvalue weighted by atomic mass is 10.2. The molecule has 1 aromatic heterocycles. The standard InChI is InChI=1S/C18H16BrClN2OS2/c1-4-21-17(23)16(25-18(21)24)8-12-7-10(2)22(11(12)3)13-5-6-14(19)15(20)9-13/h5-9H,4H2,1-3H3/b16-8-. The van der Waals surface area contributed by atoms with Crippen molar-refractivity contribution < 1.29 is 4.79 Å². The van der Waals surface area contributed by atoms with Crippen molar-refractivity contribution in [2.24, 2.45) is 0 Å². The molecule has 130 valence electrons. The zero-order valence-electron chi connectivity index (χ0n) is 14.0. The van der Waals surface area contributed by atoms with E-state index in [1.165, 1.54) is 11.8 Å². The average Bonchev–Trinajstić information content (AvgIpc) is 2.99. The quantitative estimate of drug-likeness (QED) is 0.436. The molecule has 1 aliphatic heterocycles. The Kier molecular flexibility index (Phi) is 5.44. The lowest BCUT2D eigenvalue weighted by Gasteiger charge is -2.11. The number of halogens is 2. The first-order chi connectivity index (χ1) is 11.8. The number of carbonyl (C=O) groups excluding carboxylic acids is 1. The number of hydrogen-bond acceptors (Lipinski definition) is 3. The van der Waals surface area contributed by atoms with E-state index in [0.717, 1.165) is 27.1 Å². The molecular formula is C18H16BrClN2OS2. The Morgan fingerprint density at radius 3 is 2.64 bits per heavy atom. The van der Waals surface area contributed by atoms with Gasteiger partial charge in [0.1, 0.15) is 4.32 Å². The molecule has 1 fully saturated rings. The maximum absolute atomic E-state index is 12.4. The Morgan fingerprint density at radius 2 is 2.04 bits per heavy atom. The summed E-state index contributed by atoms with van der Waals surface area (Å²) in [6.45, 7) is 6.60. The van der Waals surface area contributed by atoms with Crippen molar-refractivity contribution in [3.8, 4) is 5.69 Å². The van der Waals surface area contributed by atoms with E-state index in [1.54, 1.807) is 4.90 Å². The predicted molar refractivity (Wildman–Crippen MR) is 114 cm³/mol. The largest absolute Gasteiger partial charge is 0.318 e. The summed E-state index contributed by atoms with van der Waals surface area (Å²) in [5.74, 6) is -0.0195. The topological polar surface area (TPSA) is 25.2 Å². The Morgan fingerprint density at radius 1 is 1.32 bits per heavy atom. The molecule has 25 heavy (non-hydrogen) atoms. The summed E-state index contributed by atoms with van der Waals surface area (Å²) in [4.78, 5) is 14.7. The Balaban J connectivity index is 2.03. The van der Waals surface area contributed by atoms with Crippen LogP contribution in [0.1, 0.15) is 23.9 Å². The van der Waals surface area contributed by atoms with Crippen LogP contribution in [0.15, 0.2) is 33.6 Å². The highest BCUT2D eigenvalue weighted by Gasteiger charge is 2.30. The monoisotopic (exact) mass is 454 g/mol. The second-order valence-corrected chi connectivity index (χ2v) is 8.62. The summed E-state index contributed by atoms with van der Waals surface area (Å²) >= 11 is 16.3. The van der Waals surface area contributed by atoms with Crippen molar-refractivity contribution in [1.82, 2.24) is 9.47 Å². The van der Waals surface area contributed by atoms with E-state index in [2.05, 4.69) is 26.6 Å². The van der Waals surface area contributed by atoms with Crippen LogP contribution in [0.5, 0.6) is 0 Å². The summed E-state index contributed by atoms with van der Waals surface area (Å²) in [5, 5.41) is 0.662. The molecule has 0 aliphatic carbocycles. The molecule has 7 heteroatoms. The van der Waals surface area contributed by atoms with Gasteiger partial charge < -0.3 is 4.57 Å². The molecule has 0 bridgehead atoms. The number of rotatable bonds is 3. The van der Waals surface area contributed by atoms with Gasteiger partial charge in [0.15, 0.2) is 0 Å². The van der Waals surface area contributed by atoms with Gasteiger partial charge in [0.2, 0.25) is 0 Å². The molecule has 2 heterocycles. The van der Waals surface area contributed by atoms with Crippen molar-refractivity contribution in [2.45, 2.75) is 20.8 Å². The first-order valence-corrected chi connectivity index (χ1v) is 10.1. The van der Waals surface area contributed by atoms with E-state index in [0.29, 0.717) is 20.8 Å². The molecule has 1 aromatic carbocycles. The van der Waals surface area contributed by atoms with Crippen molar-refractivity contribution in [3.63, 3.8) is 0 Å². The van der Waals surface area contributed by atoms with Gasteiger partial charge in [0.25, 0.3) is 5.91 Å². The van der Waals surface area contributed by atoms with Gasteiger partial charge in [0, 0.05) is 28.1 Å². The van der Waals surface area contributed by atoms with Crippen molar-refractivity contribution in [2.75, 3.05) is 6.54 Å². The van der Waals surface area contributed by atoms with E-state index in [4.69, 9.17) is 23.8 Å². The molecule has 1 aliphatic rings. The van der Waals surface area contributed by atoms with Crippen LogP contribution >= 0.6 is 51.5 Å². The summed E-state index contributed by atoms with van der Waals surface area (Å²) in [7, 11) is 0. The van der Waals surface area contributed by atoms with Crippen LogP contribution < -0.4 is 0 Å². The lowest BCUT2D eigenvalue weighted by Crippen LogP contribution is -2.27. The minimum atomic E-state index is -0.0195. The summed E-state index contributed by atoms with van der Waals surface area (Å²) in [6, 6.07) is 7.94. The number of aromatic nitrogens is 1. The number of thiocarbonyl (C=S) groups is 1. The Hall–Kier alpha value is -1.08. The highest BCUT2D eigenvalue weighted by molar-refractivity contribution is 9.10. The third kappa shape index (κ3) is 3.45. The number of carbonyl (C=O) groups is 1. The molecule has 0 atom stereocenters. The predicted octanol–water partition coefficient (Wildman–Crippen LogP) is 5.73. The number of likely N-dealkylation sites (N-methyl/N-ethyl adjacent to an activating group) is 1. The maximum Gasteiger partial charge on any atom is 0.266 e. The Bertz CT molecular complexity index is 920. The molecule has 0 unspecified atom stereocenters. The van der Waals surface area contributed by atoms with Crippen LogP contribution in [0.4, 0.5) is 0 Å². The summed E-state index contributed by atoms with van der Waals surface area (Å²) < 4.78 is 3.61. The molecule has 0 saturated carbocycles. The molecule has 0 radical (unpaired) electrons. The highest BCUT2D eigenvalue weighted by Crippen LogP contribution is 2.34. The fraction of sp³-hybridized carbons (Fsp3) is 0.222. The first-order valence-electron chi connectivity index (χ1n) is 7.73. The van der Waals surface area contributed by atoms with Crippen molar-refractivity contribution in [1.29, 1.82) is 0 Å². The van der Waals surface area contributed by atoms with E-state index in [-0.39, 0.29) is 5.91 Å². The SMILES string of the molecule is CCN1C(=O)/C(=C/c2cc(C)n(-c3ccc(Br)c(Cl)c3)c2C)SC1=S. The summed E-state index contributed by atoms with van der Waals surface area (Å²) in [6.07, 6.45) is 1.92. The third-order valence-corrected chi connectivity index (χ3v) is 6.72. The van der Waals surface area contributed by atoms with E-state index in [9.17, 15) is 4.79 Å². The van der Waals surface area contributed by atoms with Gasteiger partial charge >= 0.3 is 0 Å². The van der Waals surface area contributed by atoms with Gasteiger partial charge in [-0.2, -0.15) is 0 Å². The van der Waals surface area contributed by atoms with Crippen LogP contribution in [0.25, 0.3) is 11.8 Å². The second-order valence-electron chi connectivity index (χ2n) is 5.69. The molecule has 1 amide bonds. The molecule has 2 aromatic rings. The van der Waals surface area contributed by atoms with Crippen LogP contribution in [0.2, 0.25) is 5.02 Å². The van der Waals surface area contributed by atoms with Gasteiger partial charge in [-0.25, -0.2) is 0 Å². The minimum Gasteiger partial charge on any atom is -0.318 e. The van der Waals surface area contributed by atoms with Crippen molar-refractivity contribution >= 4 is 67.8 Å². The molecular weight excluding hydrogens is 440 g/mol. The minimum absolute atomic E-state index is 0.0195. The number of hydrogen-bond donors (Lipinski definition) is 0. The molecule has 3 rings (SSSR count). The average molecular weight is 456 g/mol. The normalized spacial score (nSPS) is 16.4. The number of benzene rings is 1. The summed E-state index contributed by atoms with van der Waals surface area (Å²) in [5.41, 5.74) is 4.13. The zero-order chi connectivity index (χ0) is 18.3. The molecule has 1 saturated heterocycles. The maximum atomic E-state index is 12.4. The van der Waals surface area contributed by atoms with Crippen LogP contribution in [0.3, 0.4) is 0 Å². The number of aryl methyl sites for hydroxylation is 1.